The van der Waals surface area contributed by atoms with Gasteiger partial charge in [-0.15, -0.1) is 0 Å². The molecule has 0 bridgehead atoms. The van der Waals surface area contributed by atoms with Crippen molar-refractivity contribution in [2.24, 2.45) is 0 Å². The van der Waals surface area contributed by atoms with E-state index in [9.17, 15) is 9.59 Å². The van der Waals surface area contributed by atoms with Crippen molar-refractivity contribution < 1.29 is 14.3 Å². The van der Waals surface area contributed by atoms with Crippen LogP contribution in [0.3, 0.4) is 0 Å². The molecule has 1 aromatic rings. The van der Waals surface area contributed by atoms with Gasteiger partial charge in [-0.3, -0.25) is 9.59 Å². The van der Waals surface area contributed by atoms with Crippen molar-refractivity contribution in [3.8, 4) is 6.07 Å². The number of carbonyl (C=O) groups excluding carboxylic acids is 2. The van der Waals surface area contributed by atoms with Gasteiger partial charge in [-0.05, 0) is 24.1 Å². The van der Waals surface area contributed by atoms with Gasteiger partial charge in [0.2, 0.25) is 5.91 Å². The third-order valence-corrected chi connectivity index (χ3v) is 2.60. The summed E-state index contributed by atoms with van der Waals surface area (Å²) in [6, 6.07) is 9.16. The minimum absolute atomic E-state index is 0.103. The Kier molecular flexibility index (Phi) is 6.10. The maximum atomic E-state index is 11.5. The van der Waals surface area contributed by atoms with Crippen LogP contribution >= 0.6 is 0 Å². The topological polar surface area (TPSA) is 79.2 Å². The van der Waals surface area contributed by atoms with Crippen LogP contribution in [0, 0.1) is 11.3 Å². The Hall–Kier alpha value is -2.35. The normalized spacial score (nSPS) is 9.47. The molecule has 1 aromatic carbocycles. The van der Waals surface area contributed by atoms with Gasteiger partial charge >= 0.3 is 5.97 Å². The van der Waals surface area contributed by atoms with Crippen LogP contribution in [0.5, 0.6) is 0 Å². The fraction of sp³-hybridized carbons (Fsp3) is 0.357. The number of rotatable bonds is 6. The molecule has 1 amide bonds. The number of nitriles is 1. The van der Waals surface area contributed by atoms with Crippen molar-refractivity contribution >= 4 is 11.9 Å². The van der Waals surface area contributed by atoms with Gasteiger partial charge in [0.1, 0.15) is 0 Å². The standard InChI is InChI=1S/C14H16N2O3/c1-19-14(18)8-9-16-13(17)7-6-11-2-4-12(10-15)5-3-11/h2-5H,6-9H2,1H3,(H,16,17). The van der Waals surface area contributed by atoms with Crippen molar-refractivity contribution in [3.05, 3.63) is 35.4 Å². The van der Waals surface area contributed by atoms with E-state index in [0.717, 1.165) is 5.56 Å². The summed E-state index contributed by atoms with van der Waals surface area (Å²) in [7, 11) is 1.31. The van der Waals surface area contributed by atoms with Crippen molar-refractivity contribution in [1.82, 2.24) is 5.32 Å². The van der Waals surface area contributed by atoms with Crippen LogP contribution in [0.1, 0.15) is 24.0 Å². The second-order valence-electron chi connectivity index (χ2n) is 3.98. The van der Waals surface area contributed by atoms with Gasteiger partial charge in [-0.2, -0.15) is 5.26 Å². The number of carbonyl (C=O) groups is 2. The van der Waals surface area contributed by atoms with E-state index in [2.05, 4.69) is 10.1 Å². The van der Waals surface area contributed by atoms with E-state index in [4.69, 9.17) is 5.26 Å². The van der Waals surface area contributed by atoms with E-state index >= 15 is 0 Å². The third kappa shape index (κ3) is 5.68. The lowest BCUT2D eigenvalue weighted by Crippen LogP contribution is -2.26. The van der Waals surface area contributed by atoms with Gasteiger partial charge in [0.25, 0.3) is 0 Å². The molecule has 1 rings (SSSR count). The van der Waals surface area contributed by atoms with Gasteiger partial charge < -0.3 is 10.1 Å². The average Bonchev–Trinajstić information content (AvgIpc) is 2.45. The van der Waals surface area contributed by atoms with Gasteiger partial charge in [0.15, 0.2) is 0 Å². The molecule has 0 aromatic heterocycles. The monoisotopic (exact) mass is 260 g/mol. The molecule has 0 atom stereocenters. The molecule has 100 valence electrons. The van der Waals surface area contributed by atoms with Crippen LogP contribution in [-0.2, 0) is 20.7 Å². The number of benzene rings is 1. The maximum absolute atomic E-state index is 11.5. The predicted octanol–water partition coefficient (Wildman–Crippen LogP) is 1.17. The first-order chi connectivity index (χ1) is 9.15. The summed E-state index contributed by atoms with van der Waals surface area (Å²) in [5, 5.41) is 11.3. The van der Waals surface area contributed by atoms with E-state index in [1.807, 2.05) is 18.2 Å². The summed E-state index contributed by atoms with van der Waals surface area (Å²) in [6.45, 7) is 0.291. The molecular weight excluding hydrogens is 244 g/mol. The number of hydrogen-bond donors (Lipinski definition) is 1. The second kappa shape index (κ2) is 7.88. The lowest BCUT2D eigenvalue weighted by Gasteiger charge is -2.04. The molecule has 5 nitrogen and oxygen atoms in total. The van der Waals surface area contributed by atoms with Crippen molar-refractivity contribution in [2.45, 2.75) is 19.3 Å². The van der Waals surface area contributed by atoms with Crippen LogP contribution < -0.4 is 5.32 Å². The number of ether oxygens (including phenoxy) is 1. The number of nitrogens with one attached hydrogen (secondary N) is 1. The van der Waals surface area contributed by atoms with Crippen LogP contribution in [0.25, 0.3) is 0 Å². The molecule has 0 aliphatic carbocycles. The highest BCUT2D eigenvalue weighted by atomic mass is 16.5. The fourth-order valence-electron chi connectivity index (χ4n) is 1.50. The second-order valence-corrected chi connectivity index (χ2v) is 3.98. The highest BCUT2D eigenvalue weighted by molar-refractivity contribution is 5.77. The van der Waals surface area contributed by atoms with Crippen molar-refractivity contribution in [1.29, 1.82) is 5.26 Å². The number of aryl methyl sites for hydroxylation is 1. The smallest absolute Gasteiger partial charge is 0.307 e. The zero-order valence-corrected chi connectivity index (χ0v) is 10.8. The molecule has 19 heavy (non-hydrogen) atoms. The summed E-state index contributed by atoms with van der Waals surface area (Å²) in [4.78, 5) is 22.3. The molecule has 5 heteroatoms. The molecule has 0 aliphatic heterocycles. The summed E-state index contributed by atoms with van der Waals surface area (Å²) >= 11 is 0. The summed E-state index contributed by atoms with van der Waals surface area (Å²) in [5.41, 5.74) is 1.60. The van der Waals surface area contributed by atoms with Crippen molar-refractivity contribution in [2.75, 3.05) is 13.7 Å². The third-order valence-electron chi connectivity index (χ3n) is 2.60. The minimum atomic E-state index is -0.340. The molecule has 0 fully saturated rings. The fourth-order valence-corrected chi connectivity index (χ4v) is 1.50. The predicted molar refractivity (Wildman–Crippen MR) is 69.1 cm³/mol. The molecule has 0 aliphatic rings. The Bertz CT molecular complexity index is 474. The molecular formula is C14H16N2O3. The van der Waals surface area contributed by atoms with Gasteiger partial charge in [-0.25, -0.2) is 0 Å². The lowest BCUT2D eigenvalue weighted by atomic mass is 10.1. The van der Waals surface area contributed by atoms with Crippen LogP contribution in [0.4, 0.5) is 0 Å². The number of esters is 1. The Morgan fingerprint density at radius 1 is 1.26 bits per heavy atom. The Morgan fingerprint density at radius 3 is 2.53 bits per heavy atom. The maximum Gasteiger partial charge on any atom is 0.307 e. The molecule has 0 radical (unpaired) electrons. The number of methoxy groups -OCH3 is 1. The summed E-state index contributed by atoms with van der Waals surface area (Å²) in [6.07, 6.45) is 1.14. The first kappa shape index (κ1) is 14.7. The summed E-state index contributed by atoms with van der Waals surface area (Å²) < 4.78 is 4.47. The first-order valence-electron chi connectivity index (χ1n) is 5.98. The van der Waals surface area contributed by atoms with Gasteiger partial charge in [0.05, 0.1) is 25.2 Å². The molecule has 0 saturated heterocycles. The van der Waals surface area contributed by atoms with Gasteiger partial charge in [0, 0.05) is 13.0 Å². The van der Waals surface area contributed by atoms with E-state index in [1.165, 1.54) is 7.11 Å². The van der Waals surface area contributed by atoms with Crippen molar-refractivity contribution in [3.63, 3.8) is 0 Å². The molecule has 0 unspecified atom stereocenters. The minimum Gasteiger partial charge on any atom is -0.469 e. The Morgan fingerprint density at radius 2 is 1.95 bits per heavy atom. The van der Waals surface area contributed by atoms with E-state index < -0.39 is 0 Å². The molecule has 0 saturated carbocycles. The largest absolute Gasteiger partial charge is 0.469 e. The Labute approximate surface area is 112 Å². The highest BCUT2D eigenvalue weighted by Crippen LogP contribution is 2.05. The zero-order chi connectivity index (χ0) is 14.1. The van der Waals surface area contributed by atoms with E-state index in [1.54, 1.807) is 12.1 Å². The lowest BCUT2D eigenvalue weighted by molar-refractivity contribution is -0.140. The van der Waals surface area contributed by atoms with Crippen LogP contribution in [0.2, 0.25) is 0 Å². The van der Waals surface area contributed by atoms with Gasteiger partial charge in [-0.1, -0.05) is 12.1 Å². The van der Waals surface area contributed by atoms with E-state index in [-0.39, 0.29) is 18.3 Å². The summed E-state index contributed by atoms with van der Waals surface area (Å²) in [5.74, 6) is -0.444. The number of amides is 1. The molecule has 1 N–H and O–H groups in total. The SMILES string of the molecule is COC(=O)CCNC(=O)CCc1ccc(C#N)cc1. The number of nitrogens with zero attached hydrogens (tertiary/aromatic N) is 1. The molecule has 0 spiro atoms. The quantitative estimate of drug-likeness (QED) is 0.779. The Balaban J connectivity index is 2.26. The zero-order valence-electron chi connectivity index (χ0n) is 10.8. The van der Waals surface area contributed by atoms with E-state index in [0.29, 0.717) is 24.9 Å². The van der Waals surface area contributed by atoms with Crippen LogP contribution in [-0.4, -0.2) is 25.5 Å². The first-order valence-corrected chi connectivity index (χ1v) is 5.98. The highest BCUT2D eigenvalue weighted by Gasteiger charge is 2.04. The van der Waals surface area contributed by atoms with Crippen LogP contribution in [0.15, 0.2) is 24.3 Å². The average molecular weight is 260 g/mol. The molecule has 0 heterocycles. The number of hydrogen-bond acceptors (Lipinski definition) is 4.